The highest BCUT2D eigenvalue weighted by Crippen LogP contribution is 2.52. The van der Waals surface area contributed by atoms with Gasteiger partial charge in [0.1, 0.15) is 11.3 Å². The number of carbonyl (C=O) groups is 2. The summed E-state index contributed by atoms with van der Waals surface area (Å²) in [6.07, 6.45) is 0.836. The summed E-state index contributed by atoms with van der Waals surface area (Å²) in [5.41, 5.74) is 0.192. The molecule has 2 rings (SSSR count). The topological polar surface area (TPSA) is 86.6 Å². The predicted molar refractivity (Wildman–Crippen MR) is 65.6 cm³/mol. The van der Waals surface area contributed by atoms with E-state index in [1.165, 1.54) is 18.2 Å². The number of phenols is 1. The number of aromatic hydroxyl groups is 1. The van der Waals surface area contributed by atoms with E-state index in [9.17, 15) is 14.7 Å². The summed E-state index contributed by atoms with van der Waals surface area (Å²) in [6, 6.07) is 4.00. The van der Waals surface area contributed by atoms with Crippen LogP contribution in [0.5, 0.6) is 5.75 Å². The molecule has 1 fully saturated rings. The Kier molecular flexibility index (Phi) is 2.77. The third-order valence-electron chi connectivity index (χ3n) is 3.32. The molecule has 0 bridgehead atoms. The minimum absolute atomic E-state index is 0.0244. The van der Waals surface area contributed by atoms with Gasteiger partial charge in [0.25, 0.3) is 0 Å². The molecule has 0 radical (unpaired) electrons. The molecule has 1 amide bonds. The van der Waals surface area contributed by atoms with Crippen LogP contribution >= 0.6 is 0 Å². The molecule has 1 atom stereocenters. The SMILES string of the molecule is CC1(C)CC1C(=O)Nc1ccc(O)c(C(=O)O)c1. The van der Waals surface area contributed by atoms with Crippen molar-refractivity contribution in [1.82, 2.24) is 0 Å². The fourth-order valence-corrected chi connectivity index (χ4v) is 1.93. The summed E-state index contributed by atoms with van der Waals surface area (Å²) >= 11 is 0. The lowest BCUT2D eigenvalue weighted by atomic mass is 10.1. The fourth-order valence-electron chi connectivity index (χ4n) is 1.93. The van der Waals surface area contributed by atoms with Gasteiger partial charge in [-0.05, 0) is 30.0 Å². The van der Waals surface area contributed by atoms with E-state index in [4.69, 9.17) is 5.11 Å². The largest absolute Gasteiger partial charge is 0.507 e. The number of carboxylic acid groups (broad SMARTS) is 1. The van der Waals surface area contributed by atoms with Crippen molar-refractivity contribution < 1.29 is 19.8 Å². The first kappa shape index (κ1) is 12.4. The van der Waals surface area contributed by atoms with Gasteiger partial charge in [0.05, 0.1) is 0 Å². The summed E-state index contributed by atoms with van der Waals surface area (Å²) in [6.45, 7) is 4.02. The van der Waals surface area contributed by atoms with E-state index in [1.807, 2.05) is 13.8 Å². The van der Waals surface area contributed by atoms with Crippen LogP contribution in [0.25, 0.3) is 0 Å². The number of hydrogen-bond donors (Lipinski definition) is 3. The van der Waals surface area contributed by atoms with Crippen LogP contribution in [-0.4, -0.2) is 22.1 Å². The third-order valence-corrected chi connectivity index (χ3v) is 3.32. The van der Waals surface area contributed by atoms with E-state index < -0.39 is 5.97 Å². The first-order valence-corrected chi connectivity index (χ1v) is 5.68. The maximum Gasteiger partial charge on any atom is 0.339 e. The van der Waals surface area contributed by atoms with Crippen LogP contribution in [0.2, 0.25) is 0 Å². The highest BCUT2D eigenvalue weighted by atomic mass is 16.4. The molecule has 18 heavy (non-hydrogen) atoms. The van der Waals surface area contributed by atoms with Crippen molar-refractivity contribution >= 4 is 17.6 Å². The monoisotopic (exact) mass is 249 g/mol. The van der Waals surface area contributed by atoms with Gasteiger partial charge in [0.15, 0.2) is 0 Å². The van der Waals surface area contributed by atoms with E-state index in [2.05, 4.69) is 5.32 Å². The Bertz CT molecular complexity index is 522. The van der Waals surface area contributed by atoms with Crippen molar-refractivity contribution in [2.24, 2.45) is 11.3 Å². The van der Waals surface area contributed by atoms with Crippen LogP contribution < -0.4 is 5.32 Å². The molecule has 5 heteroatoms. The van der Waals surface area contributed by atoms with Crippen LogP contribution in [-0.2, 0) is 4.79 Å². The smallest absolute Gasteiger partial charge is 0.339 e. The fraction of sp³-hybridized carbons (Fsp3) is 0.385. The quantitative estimate of drug-likeness (QED) is 0.716. The number of aromatic carboxylic acids is 1. The second-order valence-electron chi connectivity index (χ2n) is 5.27. The van der Waals surface area contributed by atoms with Gasteiger partial charge in [-0.1, -0.05) is 13.8 Å². The molecule has 1 aliphatic rings. The van der Waals surface area contributed by atoms with Gasteiger partial charge in [-0.25, -0.2) is 4.79 Å². The van der Waals surface area contributed by atoms with Gasteiger partial charge in [0, 0.05) is 11.6 Å². The molecule has 0 saturated heterocycles. The summed E-state index contributed by atoms with van der Waals surface area (Å²) < 4.78 is 0. The lowest BCUT2D eigenvalue weighted by molar-refractivity contribution is -0.118. The number of benzene rings is 1. The molecule has 1 saturated carbocycles. The zero-order chi connectivity index (χ0) is 13.5. The van der Waals surface area contributed by atoms with Crippen LogP contribution in [0, 0.1) is 11.3 Å². The molecule has 3 N–H and O–H groups in total. The molecule has 0 aliphatic heterocycles. The zero-order valence-corrected chi connectivity index (χ0v) is 10.2. The molecule has 0 aromatic heterocycles. The molecule has 96 valence electrons. The minimum atomic E-state index is -1.23. The number of amides is 1. The van der Waals surface area contributed by atoms with Crippen LogP contribution in [0.4, 0.5) is 5.69 Å². The lowest BCUT2D eigenvalue weighted by Crippen LogP contribution is -2.16. The minimum Gasteiger partial charge on any atom is -0.507 e. The highest BCUT2D eigenvalue weighted by Gasteiger charge is 2.50. The van der Waals surface area contributed by atoms with E-state index in [0.717, 1.165) is 6.42 Å². The Labute approximate surface area is 104 Å². The summed E-state index contributed by atoms with van der Waals surface area (Å²) in [5, 5.41) is 20.9. The van der Waals surface area contributed by atoms with Crippen molar-refractivity contribution in [2.45, 2.75) is 20.3 Å². The lowest BCUT2D eigenvalue weighted by Gasteiger charge is -2.08. The van der Waals surface area contributed by atoms with Crippen molar-refractivity contribution in [3.63, 3.8) is 0 Å². The number of nitrogens with one attached hydrogen (secondary N) is 1. The Morgan fingerprint density at radius 3 is 2.50 bits per heavy atom. The summed E-state index contributed by atoms with van der Waals surface area (Å²) in [4.78, 5) is 22.7. The van der Waals surface area contributed by atoms with Gasteiger partial charge < -0.3 is 15.5 Å². The van der Waals surface area contributed by atoms with Gasteiger partial charge in [-0.2, -0.15) is 0 Å². The number of carbonyl (C=O) groups excluding carboxylic acids is 1. The van der Waals surface area contributed by atoms with Crippen LogP contribution in [0.3, 0.4) is 0 Å². The van der Waals surface area contributed by atoms with Crippen molar-refractivity contribution in [3.05, 3.63) is 23.8 Å². The van der Waals surface area contributed by atoms with E-state index in [-0.39, 0.29) is 28.6 Å². The molecular formula is C13H15NO4. The Morgan fingerprint density at radius 2 is 2.00 bits per heavy atom. The van der Waals surface area contributed by atoms with E-state index >= 15 is 0 Å². The van der Waals surface area contributed by atoms with Crippen LogP contribution in [0.1, 0.15) is 30.6 Å². The van der Waals surface area contributed by atoms with E-state index in [1.54, 1.807) is 0 Å². The molecule has 5 nitrogen and oxygen atoms in total. The van der Waals surface area contributed by atoms with Gasteiger partial charge in [-0.3, -0.25) is 4.79 Å². The second kappa shape index (κ2) is 4.01. The molecular weight excluding hydrogens is 234 g/mol. The second-order valence-corrected chi connectivity index (χ2v) is 5.27. The first-order chi connectivity index (χ1) is 8.31. The average molecular weight is 249 g/mol. The summed E-state index contributed by atoms with van der Waals surface area (Å²) in [7, 11) is 0. The molecule has 0 spiro atoms. The van der Waals surface area contributed by atoms with Crippen molar-refractivity contribution in [2.75, 3.05) is 5.32 Å². The number of hydrogen-bond acceptors (Lipinski definition) is 3. The Hall–Kier alpha value is -2.04. The average Bonchev–Trinajstić information content (AvgIpc) is 2.90. The molecule has 1 aromatic rings. The van der Waals surface area contributed by atoms with Crippen molar-refractivity contribution in [3.8, 4) is 5.75 Å². The molecule has 1 unspecified atom stereocenters. The van der Waals surface area contributed by atoms with Crippen molar-refractivity contribution in [1.29, 1.82) is 0 Å². The maximum atomic E-state index is 11.8. The maximum absolute atomic E-state index is 11.8. The predicted octanol–water partition coefficient (Wildman–Crippen LogP) is 2.07. The zero-order valence-electron chi connectivity index (χ0n) is 10.2. The first-order valence-electron chi connectivity index (χ1n) is 5.68. The Balaban J connectivity index is 2.13. The van der Waals surface area contributed by atoms with Gasteiger partial charge in [-0.15, -0.1) is 0 Å². The summed E-state index contributed by atoms with van der Waals surface area (Å²) in [5.74, 6) is -1.68. The molecule has 1 aliphatic carbocycles. The van der Waals surface area contributed by atoms with Crippen LogP contribution in [0.15, 0.2) is 18.2 Å². The number of rotatable bonds is 3. The third kappa shape index (κ3) is 2.30. The highest BCUT2D eigenvalue weighted by molar-refractivity contribution is 5.97. The normalized spacial score (nSPS) is 20.2. The Morgan fingerprint density at radius 1 is 1.39 bits per heavy atom. The van der Waals surface area contributed by atoms with Gasteiger partial charge >= 0.3 is 5.97 Å². The standard InChI is InChI=1S/C13H15NO4/c1-13(2)6-9(13)11(16)14-7-3-4-10(15)8(5-7)12(17)18/h3-5,9,15H,6H2,1-2H3,(H,14,16)(H,17,18). The van der Waals surface area contributed by atoms with Gasteiger partial charge in [0.2, 0.25) is 5.91 Å². The number of anilines is 1. The van der Waals surface area contributed by atoms with E-state index in [0.29, 0.717) is 5.69 Å². The molecule has 0 heterocycles. The molecule has 1 aromatic carbocycles. The number of carboxylic acids is 1.